The number of methoxy groups -OCH3 is 3. The van der Waals surface area contributed by atoms with Gasteiger partial charge in [0.05, 0.1) is 21.3 Å². The molecule has 0 saturated heterocycles. The van der Waals surface area contributed by atoms with E-state index in [2.05, 4.69) is 15.5 Å². The van der Waals surface area contributed by atoms with Crippen molar-refractivity contribution in [3.8, 4) is 17.2 Å². The van der Waals surface area contributed by atoms with Gasteiger partial charge in [-0.15, -0.1) is 10.2 Å². The van der Waals surface area contributed by atoms with Crippen molar-refractivity contribution in [2.75, 3.05) is 33.3 Å². The van der Waals surface area contributed by atoms with Crippen LogP contribution in [0, 0.1) is 0 Å². The zero-order valence-electron chi connectivity index (χ0n) is 15.9. The van der Waals surface area contributed by atoms with Gasteiger partial charge in [0, 0.05) is 16.8 Å². The van der Waals surface area contributed by atoms with E-state index in [1.165, 1.54) is 21.3 Å². The number of benzene rings is 2. The summed E-state index contributed by atoms with van der Waals surface area (Å²) < 4.78 is 15.8. The number of ether oxygens (including phenoxy) is 3. The fourth-order valence-electron chi connectivity index (χ4n) is 2.30. The zero-order valence-corrected chi connectivity index (χ0v) is 17.4. The van der Waals surface area contributed by atoms with Gasteiger partial charge < -0.3 is 24.6 Å². The van der Waals surface area contributed by atoms with E-state index in [1.807, 2.05) is 0 Å². The van der Waals surface area contributed by atoms with E-state index in [0.29, 0.717) is 34.1 Å². The number of anilines is 1. The maximum absolute atomic E-state index is 11.2. The molecule has 0 bridgehead atoms. The Balaban J connectivity index is 2.25. The summed E-state index contributed by atoms with van der Waals surface area (Å²) in [7, 11) is 4.49. The van der Waals surface area contributed by atoms with E-state index >= 15 is 0 Å². The number of aliphatic hydroxyl groups is 1. The van der Waals surface area contributed by atoms with Gasteiger partial charge in [0.1, 0.15) is 6.61 Å². The Hall–Kier alpha value is -2.81. The van der Waals surface area contributed by atoms with Crippen LogP contribution in [-0.4, -0.2) is 49.3 Å². The monoisotopic (exact) mass is 439 g/mol. The summed E-state index contributed by atoms with van der Waals surface area (Å²) in [6.45, 7) is -0.599. The molecule has 0 aliphatic carbocycles. The lowest BCUT2D eigenvalue weighted by atomic mass is 10.2. The standard InChI is InChI=1S/C19H19Cl2N3O5/c1-27-14-8-12(9-15(28-2)17(14)29-3)19(21)24-23-18(20)11-4-6-13(7-5-11)22-16(26)10-25/h4-9,25H,10H2,1-3H3,(H,22,26)/b23-18-,24-19-. The first-order valence-electron chi connectivity index (χ1n) is 8.21. The third kappa shape index (κ3) is 5.83. The molecule has 0 spiro atoms. The van der Waals surface area contributed by atoms with Gasteiger partial charge in [0.25, 0.3) is 0 Å². The van der Waals surface area contributed by atoms with Crippen LogP contribution in [0.1, 0.15) is 11.1 Å². The molecule has 0 unspecified atom stereocenters. The number of hydrogen-bond acceptors (Lipinski definition) is 7. The maximum atomic E-state index is 11.2. The minimum atomic E-state index is -0.599. The van der Waals surface area contributed by atoms with Crippen LogP contribution in [-0.2, 0) is 4.79 Å². The van der Waals surface area contributed by atoms with Crippen molar-refractivity contribution in [1.82, 2.24) is 0 Å². The van der Waals surface area contributed by atoms with E-state index in [4.69, 9.17) is 42.5 Å². The van der Waals surface area contributed by atoms with Gasteiger partial charge in [0.2, 0.25) is 11.7 Å². The molecule has 0 aliphatic heterocycles. The third-order valence-corrected chi connectivity index (χ3v) is 4.27. The summed E-state index contributed by atoms with van der Waals surface area (Å²) >= 11 is 12.4. The number of nitrogens with one attached hydrogen (secondary N) is 1. The fraction of sp³-hybridized carbons (Fsp3) is 0.211. The van der Waals surface area contributed by atoms with Crippen LogP contribution >= 0.6 is 23.2 Å². The number of carbonyl (C=O) groups excluding carboxylic acids is 1. The topological polar surface area (TPSA) is 102 Å². The number of amides is 1. The molecule has 154 valence electrons. The van der Waals surface area contributed by atoms with Gasteiger partial charge in [0.15, 0.2) is 21.8 Å². The second-order valence-electron chi connectivity index (χ2n) is 5.48. The maximum Gasteiger partial charge on any atom is 0.250 e. The molecule has 0 radical (unpaired) electrons. The largest absolute Gasteiger partial charge is 0.493 e. The molecule has 0 fully saturated rings. The Bertz CT molecular complexity index is 905. The molecule has 8 nitrogen and oxygen atoms in total. The minimum absolute atomic E-state index is 0.0641. The summed E-state index contributed by atoms with van der Waals surface area (Å²) in [6, 6.07) is 9.78. The van der Waals surface area contributed by atoms with Crippen LogP contribution in [0.25, 0.3) is 0 Å². The molecule has 2 aromatic rings. The first-order valence-corrected chi connectivity index (χ1v) is 8.97. The highest BCUT2D eigenvalue weighted by atomic mass is 35.5. The SMILES string of the molecule is COc1cc(/C(Cl)=N/N=C(\Cl)c2ccc(NC(=O)CO)cc2)cc(OC)c1OC. The van der Waals surface area contributed by atoms with Crippen LogP contribution in [0.3, 0.4) is 0 Å². The molecule has 0 atom stereocenters. The number of carbonyl (C=O) groups is 1. The van der Waals surface area contributed by atoms with E-state index < -0.39 is 12.5 Å². The fourth-order valence-corrected chi connectivity index (χ4v) is 2.61. The van der Waals surface area contributed by atoms with Crippen LogP contribution in [0.5, 0.6) is 17.2 Å². The first-order chi connectivity index (χ1) is 13.9. The Morgan fingerprint density at radius 2 is 1.45 bits per heavy atom. The smallest absolute Gasteiger partial charge is 0.250 e. The molecule has 2 aromatic carbocycles. The highest BCUT2D eigenvalue weighted by molar-refractivity contribution is 6.71. The van der Waals surface area contributed by atoms with Gasteiger partial charge in [-0.1, -0.05) is 23.2 Å². The van der Waals surface area contributed by atoms with Gasteiger partial charge in [-0.25, -0.2) is 0 Å². The average Bonchev–Trinajstić information content (AvgIpc) is 2.76. The lowest BCUT2D eigenvalue weighted by Gasteiger charge is -2.13. The van der Waals surface area contributed by atoms with Gasteiger partial charge in [-0.05, 0) is 36.4 Å². The molecular weight excluding hydrogens is 421 g/mol. The van der Waals surface area contributed by atoms with Crippen molar-refractivity contribution < 1.29 is 24.1 Å². The van der Waals surface area contributed by atoms with E-state index in [9.17, 15) is 4.79 Å². The molecule has 0 saturated carbocycles. The third-order valence-electron chi connectivity index (χ3n) is 3.68. The number of aliphatic hydroxyl groups excluding tert-OH is 1. The molecule has 0 heterocycles. The number of rotatable bonds is 8. The van der Waals surface area contributed by atoms with E-state index in [0.717, 1.165) is 0 Å². The van der Waals surface area contributed by atoms with Gasteiger partial charge >= 0.3 is 0 Å². The highest BCUT2D eigenvalue weighted by Crippen LogP contribution is 2.38. The van der Waals surface area contributed by atoms with Crippen molar-refractivity contribution in [2.24, 2.45) is 10.2 Å². The van der Waals surface area contributed by atoms with Crippen molar-refractivity contribution >= 4 is 45.1 Å². The van der Waals surface area contributed by atoms with Crippen LogP contribution in [0.2, 0.25) is 0 Å². The number of hydrogen-bond donors (Lipinski definition) is 2. The average molecular weight is 440 g/mol. The Kier molecular flexibility index (Phi) is 8.26. The molecule has 1 amide bonds. The van der Waals surface area contributed by atoms with Crippen LogP contribution in [0.4, 0.5) is 5.69 Å². The number of halogens is 2. The summed E-state index contributed by atoms with van der Waals surface area (Å²) in [5.41, 5.74) is 1.57. The van der Waals surface area contributed by atoms with Gasteiger partial charge in [-0.3, -0.25) is 4.79 Å². The second kappa shape index (κ2) is 10.7. The predicted molar refractivity (Wildman–Crippen MR) is 113 cm³/mol. The first kappa shape index (κ1) is 22.5. The van der Waals surface area contributed by atoms with Crippen molar-refractivity contribution in [1.29, 1.82) is 0 Å². The molecule has 2 rings (SSSR count). The Morgan fingerprint density at radius 3 is 1.90 bits per heavy atom. The lowest BCUT2D eigenvalue weighted by Crippen LogP contribution is -2.15. The van der Waals surface area contributed by atoms with Crippen LogP contribution < -0.4 is 19.5 Å². The summed E-state index contributed by atoms with van der Waals surface area (Å²) in [6.07, 6.45) is 0. The quantitative estimate of drug-likeness (QED) is 0.485. The molecule has 29 heavy (non-hydrogen) atoms. The Morgan fingerprint density at radius 1 is 0.931 bits per heavy atom. The summed E-state index contributed by atoms with van der Waals surface area (Å²) in [5.74, 6) is 0.758. The lowest BCUT2D eigenvalue weighted by molar-refractivity contribution is -0.118. The van der Waals surface area contributed by atoms with Crippen LogP contribution in [0.15, 0.2) is 46.6 Å². The molecular formula is C19H19Cl2N3O5. The summed E-state index contributed by atoms with van der Waals surface area (Å²) in [5, 5.41) is 19.3. The Labute approximate surface area is 177 Å². The van der Waals surface area contributed by atoms with E-state index in [1.54, 1.807) is 36.4 Å². The molecule has 0 aliphatic rings. The van der Waals surface area contributed by atoms with Crippen molar-refractivity contribution in [3.63, 3.8) is 0 Å². The van der Waals surface area contributed by atoms with Crippen molar-refractivity contribution in [2.45, 2.75) is 0 Å². The van der Waals surface area contributed by atoms with Crippen molar-refractivity contribution in [3.05, 3.63) is 47.5 Å². The zero-order chi connectivity index (χ0) is 21.4. The molecule has 10 heteroatoms. The second-order valence-corrected chi connectivity index (χ2v) is 6.20. The predicted octanol–water partition coefficient (Wildman–Crippen LogP) is 3.23. The highest BCUT2D eigenvalue weighted by Gasteiger charge is 2.15. The normalized spacial score (nSPS) is 11.8. The van der Waals surface area contributed by atoms with Gasteiger partial charge in [-0.2, -0.15) is 0 Å². The van der Waals surface area contributed by atoms with E-state index in [-0.39, 0.29) is 10.3 Å². The summed E-state index contributed by atoms with van der Waals surface area (Å²) in [4.78, 5) is 11.2. The molecule has 0 aromatic heterocycles. The number of nitrogens with zero attached hydrogens (tertiary/aromatic N) is 2. The minimum Gasteiger partial charge on any atom is -0.493 e. The molecule has 2 N–H and O–H groups in total.